The molecule has 0 unspecified atom stereocenters. The quantitative estimate of drug-likeness (QED) is 0.664. The Labute approximate surface area is 158 Å². The van der Waals surface area contributed by atoms with Crippen LogP contribution in [0.25, 0.3) is 0 Å². The third-order valence-electron chi connectivity index (χ3n) is 4.50. The molecule has 1 aromatic rings. The predicted octanol–water partition coefficient (Wildman–Crippen LogP) is 5.56. The number of carbonyl (C=O) groups excluding carboxylic acids is 1. The molecule has 1 aromatic carbocycles. The Hall–Kier alpha value is -1.92. The van der Waals surface area contributed by atoms with Gasteiger partial charge in [-0.2, -0.15) is 0 Å². The van der Waals surface area contributed by atoms with Crippen LogP contribution in [0.2, 0.25) is 0 Å². The predicted molar refractivity (Wildman–Crippen MR) is 96.6 cm³/mol. The van der Waals surface area contributed by atoms with Crippen LogP contribution in [0.4, 0.5) is 18.0 Å². The Balaban J connectivity index is 1.68. The smallest absolute Gasteiger partial charge is 0.444 e. The molecule has 0 spiro atoms. The summed E-state index contributed by atoms with van der Waals surface area (Å²) in [7, 11) is 0. The highest BCUT2D eigenvalue weighted by Gasteiger charge is 2.31. The summed E-state index contributed by atoms with van der Waals surface area (Å²) in [5.74, 6) is 0.372. The van der Waals surface area contributed by atoms with Crippen LogP contribution in [0.15, 0.2) is 24.3 Å². The van der Waals surface area contributed by atoms with E-state index < -0.39 is 12.0 Å². The summed E-state index contributed by atoms with van der Waals surface area (Å²) < 4.78 is 45.7. The summed E-state index contributed by atoms with van der Waals surface area (Å²) in [6, 6.07) is 6.04. The van der Waals surface area contributed by atoms with Crippen molar-refractivity contribution in [3.05, 3.63) is 29.8 Å². The lowest BCUT2D eigenvalue weighted by Crippen LogP contribution is -2.41. The van der Waals surface area contributed by atoms with Gasteiger partial charge in [-0.05, 0) is 76.5 Å². The zero-order valence-electron chi connectivity index (χ0n) is 16.1. The second-order valence-corrected chi connectivity index (χ2v) is 7.99. The van der Waals surface area contributed by atoms with Crippen molar-refractivity contribution < 1.29 is 27.4 Å². The van der Waals surface area contributed by atoms with Crippen LogP contribution in [-0.4, -0.2) is 36.0 Å². The van der Waals surface area contributed by atoms with Crippen molar-refractivity contribution in [3.63, 3.8) is 0 Å². The number of aryl methyl sites for hydroxylation is 1. The molecule has 1 amide bonds. The minimum atomic E-state index is -4.66. The van der Waals surface area contributed by atoms with E-state index in [0.29, 0.717) is 19.0 Å². The summed E-state index contributed by atoms with van der Waals surface area (Å²) in [5.41, 5.74) is 0.518. The van der Waals surface area contributed by atoms with Crippen molar-refractivity contribution >= 4 is 6.09 Å². The second kappa shape index (κ2) is 8.85. The fourth-order valence-corrected chi connectivity index (χ4v) is 3.18. The lowest BCUT2D eigenvalue weighted by molar-refractivity contribution is -0.274. The molecular weight excluding hydrogens is 359 g/mol. The maximum Gasteiger partial charge on any atom is 0.573 e. The first-order valence-corrected chi connectivity index (χ1v) is 9.34. The second-order valence-electron chi connectivity index (χ2n) is 7.99. The van der Waals surface area contributed by atoms with Gasteiger partial charge in [-0.25, -0.2) is 4.79 Å². The molecule has 152 valence electrons. The van der Waals surface area contributed by atoms with Crippen LogP contribution in [0.5, 0.6) is 5.75 Å². The number of nitrogens with zero attached hydrogens (tertiary/aromatic N) is 1. The molecule has 0 aliphatic carbocycles. The van der Waals surface area contributed by atoms with Crippen LogP contribution in [0.1, 0.15) is 52.0 Å². The molecule has 0 N–H and O–H groups in total. The fraction of sp³-hybridized carbons (Fsp3) is 0.650. The van der Waals surface area contributed by atoms with Crippen LogP contribution in [0.3, 0.4) is 0 Å². The van der Waals surface area contributed by atoms with E-state index in [0.717, 1.165) is 37.7 Å². The van der Waals surface area contributed by atoms with E-state index in [2.05, 4.69) is 4.74 Å². The molecule has 4 nitrogen and oxygen atoms in total. The highest BCUT2D eigenvalue weighted by molar-refractivity contribution is 5.68. The van der Waals surface area contributed by atoms with Gasteiger partial charge in [0.1, 0.15) is 11.4 Å². The number of ether oxygens (including phenoxy) is 2. The van der Waals surface area contributed by atoms with Gasteiger partial charge in [-0.15, -0.1) is 13.2 Å². The van der Waals surface area contributed by atoms with Gasteiger partial charge in [0, 0.05) is 13.1 Å². The normalized spacial score (nSPS) is 16.3. The first-order valence-electron chi connectivity index (χ1n) is 9.34. The minimum Gasteiger partial charge on any atom is -0.444 e. The van der Waals surface area contributed by atoms with E-state index in [1.165, 1.54) is 12.1 Å². The Morgan fingerprint density at radius 2 is 1.70 bits per heavy atom. The molecule has 0 bridgehead atoms. The topological polar surface area (TPSA) is 38.8 Å². The molecule has 2 rings (SSSR count). The molecule has 1 fully saturated rings. The average Bonchev–Trinajstić information content (AvgIpc) is 2.54. The van der Waals surface area contributed by atoms with Crippen LogP contribution < -0.4 is 4.74 Å². The molecule has 0 atom stereocenters. The van der Waals surface area contributed by atoms with Gasteiger partial charge in [0.15, 0.2) is 0 Å². The maximum atomic E-state index is 12.2. The molecule has 1 aliphatic rings. The first kappa shape index (κ1) is 21.4. The summed E-state index contributed by atoms with van der Waals surface area (Å²) in [4.78, 5) is 13.8. The van der Waals surface area contributed by atoms with Gasteiger partial charge >= 0.3 is 12.5 Å². The largest absolute Gasteiger partial charge is 0.573 e. The van der Waals surface area contributed by atoms with Crippen LogP contribution in [0, 0.1) is 5.92 Å². The number of hydrogen-bond donors (Lipinski definition) is 0. The lowest BCUT2D eigenvalue weighted by atomic mass is 9.91. The van der Waals surface area contributed by atoms with Crippen molar-refractivity contribution in [2.24, 2.45) is 5.92 Å². The van der Waals surface area contributed by atoms with Crippen LogP contribution >= 0.6 is 0 Å². The van der Waals surface area contributed by atoms with Crippen LogP contribution in [-0.2, 0) is 11.2 Å². The molecule has 0 aromatic heterocycles. The molecule has 27 heavy (non-hydrogen) atoms. The Morgan fingerprint density at radius 1 is 1.11 bits per heavy atom. The highest BCUT2D eigenvalue weighted by Crippen LogP contribution is 2.26. The van der Waals surface area contributed by atoms with Crippen molar-refractivity contribution in [2.45, 2.75) is 64.8 Å². The highest BCUT2D eigenvalue weighted by atomic mass is 19.4. The minimum absolute atomic E-state index is 0.194. The SMILES string of the molecule is CC(C)(C)OC(=O)N1CCC(CCCc2ccc(OC(F)(F)F)cc2)CC1. The maximum absolute atomic E-state index is 12.2. The Kier molecular flexibility index (Phi) is 7.00. The summed E-state index contributed by atoms with van der Waals surface area (Å²) in [6.07, 6.45) is -0.162. The van der Waals surface area contributed by atoms with Crippen molar-refractivity contribution in [3.8, 4) is 5.75 Å². The number of likely N-dealkylation sites (tertiary alicyclic amines) is 1. The molecule has 1 saturated heterocycles. The van der Waals surface area contributed by atoms with E-state index in [1.54, 1.807) is 17.0 Å². The van der Waals surface area contributed by atoms with Gasteiger partial charge in [0.05, 0.1) is 0 Å². The number of rotatable bonds is 5. The van der Waals surface area contributed by atoms with Crippen molar-refractivity contribution in [2.75, 3.05) is 13.1 Å². The molecule has 7 heteroatoms. The molecule has 1 heterocycles. The van der Waals surface area contributed by atoms with E-state index in [1.807, 2.05) is 20.8 Å². The number of piperidine rings is 1. The summed E-state index contributed by atoms with van der Waals surface area (Å²) in [5, 5.41) is 0. The standard InChI is InChI=1S/C20H28F3NO3/c1-19(2,3)27-18(25)24-13-11-16(12-14-24)6-4-5-15-7-9-17(10-8-15)26-20(21,22)23/h7-10,16H,4-6,11-14H2,1-3H3. The van der Waals surface area contributed by atoms with E-state index in [4.69, 9.17) is 4.74 Å². The number of benzene rings is 1. The zero-order chi connectivity index (χ0) is 20.1. The number of alkyl halides is 3. The number of hydrogen-bond acceptors (Lipinski definition) is 3. The Bertz CT molecular complexity index is 600. The summed E-state index contributed by atoms with van der Waals surface area (Å²) >= 11 is 0. The average molecular weight is 387 g/mol. The zero-order valence-corrected chi connectivity index (χ0v) is 16.1. The molecule has 0 radical (unpaired) electrons. The number of halogens is 3. The third-order valence-corrected chi connectivity index (χ3v) is 4.50. The molecule has 1 aliphatic heterocycles. The first-order chi connectivity index (χ1) is 12.5. The molecular formula is C20H28F3NO3. The monoisotopic (exact) mass is 387 g/mol. The summed E-state index contributed by atoms with van der Waals surface area (Å²) in [6.45, 7) is 7.00. The Morgan fingerprint density at radius 3 is 2.22 bits per heavy atom. The fourth-order valence-electron chi connectivity index (χ4n) is 3.18. The lowest BCUT2D eigenvalue weighted by Gasteiger charge is -2.33. The van der Waals surface area contributed by atoms with E-state index in [9.17, 15) is 18.0 Å². The van der Waals surface area contributed by atoms with Gasteiger partial charge in [-0.3, -0.25) is 0 Å². The van der Waals surface area contributed by atoms with Crippen molar-refractivity contribution in [1.29, 1.82) is 0 Å². The molecule has 0 saturated carbocycles. The van der Waals surface area contributed by atoms with E-state index >= 15 is 0 Å². The number of amides is 1. The van der Waals surface area contributed by atoms with Gasteiger partial charge in [0.2, 0.25) is 0 Å². The van der Waals surface area contributed by atoms with E-state index in [-0.39, 0.29) is 11.8 Å². The third kappa shape index (κ3) is 8.10. The van der Waals surface area contributed by atoms with Gasteiger partial charge < -0.3 is 14.4 Å². The van der Waals surface area contributed by atoms with Gasteiger partial charge in [0.25, 0.3) is 0 Å². The van der Waals surface area contributed by atoms with Crippen molar-refractivity contribution in [1.82, 2.24) is 4.90 Å². The van der Waals surface area contributed by atoms with Gasteiger partial charge in [-0.1, -0.05) is 12.1 Å². The number of carbonyl (C=O) groups is 1.